The molecule has 0 aliphatic rings. The zero-order valence-electron chi connectivity index (χ0n) is 12.4. The molecule has 0 atom stereocenters. The van der Waals surface area contributed by atoms with E-state index >= 15 is 0 Å². The Kier molecular flexibility index (Phi) is 4.04. The molecule has 0 amide bonds. The molecule has 7 heteroatoms. The molecule has 0 spiro atoms. The highest BCUT2D eigenvalue weighted by Crippen LogP contribution is 2.24. The number of hydrogen-bond donors (Lipinski definition) is 1. The van der Waals surface area contributed by atoms with Crippen LogP contribution in [0.5, 0.6) is 0 Å². The average Bonchev–Trinajstić information content (AvgIpc) is 2.68. The fourth-order valence-electron chi connectivity index (χ4n) is 2.29. The normalized spacial score (nSPS) is 11.7. The maximum atomic E-state index is 13.7. The molecule has 1 aromatic carbocycles. The zero-order chi connectivity index (χ0) is 15.8. The fraction of sp³-hybridized carbons (Fsp3) is 0.357. The van der Waals surface area contributed by atoms with Crippen molar-refractivity contribution in [3.8, 4) is 0 Å². The Bertz CT molecular complexity index is 782. The second-order valence-corrected chi connectivity index (χ2v) is 6.52. The van der Waals surface area contributed by atoms with Crippen LogP contribution in [0.15, 0.2) is 23.1 Å². The van der Waals surface area contributed by atoms with E-state index in [2.05, 4.69) is 9.82 Å². The van der Waals surface area contributed by atoms with Crippen molar-refractivity contribution < 1.29 is 12.8 Å². The first-order chi connectivity index (χ1) is 9.76. The van der Waals surface area contributed by atoms with E-state index in [0.717, 1.165) is 5.56 Å². The monoisotopic (exact) mass is 311 g/mol. The Hall–Kier alpha value is -1.89. The van der Waals surface area contributed by atoms with Crippen LogP contribution in [0.25, 0.3) is 0 Å². The number of sulfonamides is 1. The van der Waals surface area contributed by atoms with Gasteiger partial charge in [0.05, 0.1) is 17.1 Å². The summed E-state index contributed by atoms with van der Waals surface area (Å²) < 4.78 is 42.7. The Morgan fingerprint density at radius 3 is 2.52 bits per heavy atom. The molecule has 2 rings (SSSR count). The molecule has 2 aromatic rings. The van der Waals surface area contributed by atoms with Crippen molar-refractivity contribution in [2.75, 3.05) is 4.72 Å². The van der Waals surface area contributed by atoms with Crippen LogP contribution in [0.1, 0.15) is 23.9 Å². The molecular weight excluding hydrogens is 293 g/mol. The van der Waals surface area contributed by atoms with Crippen LogP contribution >= 0.6 is 0 Å². The van der Waals surface area contributed by atoms with Crippen LogP contribution in [0.2, 0.25) is 0 Å². The van der Waals surface area contributed by atoms with Gasteiger partial charge in [-0.25, -0.2) is 12.8 Å². The van der Waals surface area contributed by atoms with Gasteiger partial charge in [0.1, 0.15) is 10.7 Å². The molecule has 0 saturated heterocycles. The third-order valence-electron chi connectivity index (χ3n) is 3.25. The Morgan fingerprint density at radius 2 is 1.95 bits per heavy atom. The van der Waals surface area contributed by atoms with Crippen LogP contribution in [0.3, 0.4) is 0 Å². The molecule has 0 saturated carbocycles. The lowest BCUT2D eigenvalue weighted by atomic mass is 10.2. The molecular formula is C14H18FN3O2S. The van der Waals surface area contributed by atoms with E-state index in [1.54, 1.807) is 31.5 Å². The molecule has 0 bridgehead atoms. The molecule has 5 nitrogen and oxygen atoms in total. The summed E-state index contributed by atoms with van der Waals surface area (Å²) in [5.41, 5.74) is 1.65. The molecule has 0 unspecified atom stereocenters. The van der Waals surface area contributed by atoms with Crippen molar-refractivity contribution in [2.24, 2.45) is 0 Å². The maximum Gasteiger partial charge on any atom is 0.265 e. The largest absolute Gasteiger partial charge is 0.277 e. The number of aromatic nitrogens is 2. The van der Waals surface area contributed by atoms with Crippen LogP contribution in [-0.2, 0) is 16.6 Å². The molecule has 114 valence electrons. The molecule has 0 aliphatic carbocycles. The lowest BCUT2D eigenvalue weighted by Crippen LogP contribution is -2.16. The van der Waals surface area contributed by atoms with Gasteiger partial charge < -0.3 is 0 Å². The van der Waals surface area contributed by atoms with Crippen molar-refractivity contribution in [1.82, 2.24) is 9.78 Å². The summed E-state index contributed by atoms with van der Waals surface area (Å²) in [6, 6.07) is 4.28. The van der Waals surface area contributed by atoms with Crippen molar-refractivity contribution >= 4 is 15.7 Å². The highest BCUT2D eigenvalue weighted by Gasteiger charge is 2.25. The van der Waals surface area contributed by atoms with E-state index in [0.29, 0.717) is 17.9 Å². The highest BCUT2D eigenvalue weighted by molar-refractivity contribution is 7.92. The second-order valence-electron chi connectivity index (χ2n) is 4.90. The molecule has 1 aromatic heterocycles. The first kappa shape index (κ1) is 15.5. The van der Waals surface area contributed by atoms with Gasteiger partial charge in [-0.05, 0) is 45.4 Å². The predicted octanol–water partition coefficient (Wildman–Crippen LogP) is 2.77. The van der Waals surface area contributed by atoms with Crippen LogP contribution < -0.4 is 4.72 Å². The Morgan fingerprint density at radius 1 is 1.29 bits per heavy atom. The van der Waals surface area contributed by atoms with Crippen LogP contribution in [-0.4, -0.2) is 18.2 Å². The highest BCUT2D eigenvalue weighted by atomic mass is 32.2. The number of anilines is 1. The quantitative estimate of drug-likeness (QED) is 0.944. The Labute approximate surface area is 123 Å². The first-order valence-corrected chi connectivity index (χ1v) is 8.07. The van der Waals surface area contributed by atoms with Gasteiger partial charge in [-0.15, -0.1) is 0 Å². The van der Waals surface area contributed by atoms with Gasteiger partial charge in [-0.2, -0.15) is 5.10 Å². The van der Waals surface area contributed by atoms with Gasteiger partial charge in [0.2, 0.25) is 0 Å². The van der Waals surface area contributed by atoms with Gasteiger partial charge in [-0.1, -0.05) is 6.07 Å². The van der Waals surface area contributed by atoms with E-state index < -0.39 is 15.8 Å². The minimum absolute atomic E-state index is 0.0574. The van der Waals surface area contributed by atoms with E-state index in [9.17, 15) is 12.8 Å². The van der Waals surface area contributed by atoms with E-state index in [4.69, 9.17) is 0 Å². The minimum Gasteiger partial charge on any atom is -0.277 e. The smallest absolute Gasteiger partial charge is 0.265 e. The molecule has 21 heavy (non-hydrogen) atoms. The minimum atomic E-state index is -3.88. The molecule has 0 radical (unpaired) electrons. The second kappa shape index (κ2) is 5.48. The standard InChI is InChI=1S/C14H18FN3O2S/c1-5-18-11(4)14(10(3)16-18)21(19,20)17-13-8-9(2)6-7-12(13)15/h6-8,17H,5H2,1-4H3. The van der Waals surface area contributed by atoms with Crippen molar-refractivity contribution in [3.63, 3.8) is 0 Å². The zero-order valence-corrected chi connectivity index (χ0v) is 13.3. The van der Waals surface area contributed by atoms with Crippen LogP contribution in [0, 0.1) is 26.6 Å². The van der Waals surface area contributed by atoms with Gasteiger partial charge >= 0.3 is 0 Å². The molecule has 0 fully saturated rings. The summed E-state index contributed by atoms with van der Waals surface area (Å²) in [4.78, 5) is 0.102. The maximum absolute atomic E-state index is 13.7. The summed E-state index contributed by atoms with van der Waals surface area (Å²) in [7, 11) is -3.88. The topological polar surface area (TPSA) is 64.0 Å². The number of halogens is 1. The summed E-state index contributed by atoms with van der Waals surface area (Å²) >= 11 is 0. The van der Waals surface area contributed by atoms with Crippen molar-refractivity contribution in [2.45, 2.75) is 39.1 Å². The number of aryl methyl sites for hydroxylation is 3. The SMILES string of the molecule is CCn1nc(C)c(S(=O)(=O)Nc2cc(C)ccc2F)c1C. The molecule has 1 heterocycles. The van der Waals surface area contributed by atoms with E-state index in [1.807, 2.05) is 6.92 Å². The summed E-state index contributed by atoms with van der Waals surface area (Å²) in [5, 5.41) is 4.18. The lowest BCUT2D eigenvalue weighted by Gasteiger charge is -2.10. The summed E-state index contributed by atoms with van der Waals surface area (Å²) in [6.07, 6.45) is 0. The van der Waals surface area contributed by atoms with E-state index in [-0.39, 0.29) is 10.6 Å². The van der Waals surface area contributed by atoms with E-state index in [1.165, 1.54) is 12.1 Å². The summed E-state index contributed by atoms with van der Waals surface area (Å²) in [5.74, 6) is -0.609. The average molecular weight is 311 g/mol. The molecule has 1 N–H and O–H groups in total. The number of rotatable bonds is 4. The number of nitrogens with zero attached hydrogens (tertiary/aromatic N) is 2. The predicted molar refractivity (Wildman–Crippen MR) is 79.3 cm³/mol. The number of nitrogens with one attached hydrogen (secondary N) is 1. The van der Waals surface area contributed by atoms with Gasteiger partial charge in [0.25, 0.3) is 10.0 Å². The third kappa shape index (κ3) is 2.92. The molecule has 0 aliphatic heterocycles. The van der Waals surface area contributed by atoms with Crippen molar-refractivity contribution in [3.05, 3.63) is 41.0 Å². The van der Waals surface area contributed by atoms with Gasteiger partial charge in [-0.3, -0.25) is 9.40 Å². The Balaban J connectivity index is 2.48. The van der Waals surface area contributed by atoms with Gasteiger partial charge in [0, 0.05) is 6.54 Å². The fourth-order valence-corrected chi connectivity index (χ4v) is 3.76. The van der Waals surface area contributed by atoms with Crippen molar-refractivity contribution in [1.29, 1.82) is 0 Å². The first-order valence-electron chi connectivity index (χ1n) is 6.59. The third-order valence-corrected chi connectivity index (χ3v) is 4.87. The number of hydrogen-bond acceptors (Lipinski definition) is 3. The number of benzene rings is 1. The van der Waals surface area contributed by atoms with Crippen LogP contribution in [0.4, 0.5) is 10.1 Å². The van der Waals surface area contributed by atoms with Gasteiger partial charge in [0.15, 0.2) is 0 Å². The summed E-state index contributed by atoms with van der Waals surface area (Å²) in [6.45, 7) is 7.53. The lowest BCUT2D eigenvalue weighted by molar-refractivity contribution is 0.596.